The average molecular weight is 422 g/mol. The normalized spacial score (nSPS) is 14.9. The lowest BCUT2D eigenvalue weighted by atomic mass is 10.0. The molecule has 30 heavy (non-hydrogen) atoms. The maximum Gasteiger partial charge on any atom is 0.325 e. The molecular formula is C20H30N4O6. The first-order valence-corrected chi connectivity index (χ1v) is 9.61. The van der Waals surface area contributed by atoms with Crippen molar-refractivity contribution in [2.45, 2.75) is 51.4 Å². The molecule has 0 aromatic heterocycles. The van der Waals surface area contributed by atoms with Crippen molar-refractivity contribution in [1.82, 2.24) is 16.0 Å². The summed E-state index contributed by atoms with van der Waals surface area (Å²) >= 11 is 0. The lowest BCUT2D eigenvalue weighted by Crippen LogP contribution is -2.59. The predicted molar refractivity (Wildman–Crippen MR) is 109 cm³/mol. The number of carbonyl (C=O) groups excluding carboxylic acids is 3. The van der Waals surface area contributed by atoms with Crippen LogP contribution < -0.4 is 21.7 Å². The third-order valence-electron chi connectivity index (χ3n) is 4.43. The number of hydrogen-bond donors (Lipinski definition) is 6. The first kappa shape index (κ1) is 25.1. The van der Waals surface area contributed by atoms with E-state index in [0.717, 1.165) is 5.56 Å². The van der Waals surface area contributed by atoms with Crippen molar-refractivity contribution in [3.63, 3.8) is 0 Å². The molecule has 1 aromatic carbocycles. The highest BCUT2D eigenvalue weighted by Gasteiger charge is 2.30. The Morgan fingerprint density at radius 3 is 2.03 bits per heavy atom. The molecule has 0 saturated heterocycles. The minimum absolute atomic E-state index is 0.286. The van der Waals surface area contributed by atoms with Crippen LogP contribution in [0, 0.1) is 5.92 Å². The Morgan fingerprint density at radius 2 is 1.53 bits per heavy atom. The van der Waals surface area contributed by atoms with Gasteiger partial charge in [0.25, 0.3) is 0 Å². The van der Waals surface area contributed by atoms with E-state index in [2.05, 4.69) is 16.0 Å². The number of carboxylic acid groups (broad SMARTS) is 1. The summed E-state index contributed by atoms with van der Waals surface area (Å²) in [5.74, 6) is -3.67. The van der Waals surface area contributed by atoms with Gasteiger partial charge in [0.05, 0.1) is 12.6 Å². The number of amides is 3. The number of carboxylic acids is 1. The zero-order valence-corrected chi connectivity index (χ0v) is 17.3. The van der Waals surface area contributed by atoms with Crippen LogP contribution in [0.3, 0.4) is 0 Å². The molecule has 1 aromatic rings. The molecule has 7 N–H and O–H groups in total. The molecule has 0 spiro atoms. The van der Waals surface area contributed by atoms with Crippen molar-refractivity contribution in [3.05, 3.63) is 35.9 Å². The van der Waals surface area contributed by atoms with E-state index in [-0.39, 0.29) is 12.3 Å². The van der Waals surface area contributed by atoms with E-state index in [1.165, 1.54) is 6.92 Å². The first-order chi connectivity index (χ1) is 14.1. The monoisotopic (exact) mass is 422 g/mol. The summed E-state index contributed by atoms with van der Waals surface area (Å²) in [5.41, 5.74) is 6.82. The van der Waals surface area contributed by atoms with Gasteiger partial charge in [-0.25, -0.2) is 0 Å². The number of aliphatic carboxylic acids is 1. The van der Waals surface area contributed by atoms with Crippen LogP contribution in [-0.2, 0) is 25.6 Å². The highest BCUT2D eigenvalue weighted by Crippen LogP contribution is 2.06. The molecule has 4 unspecified atom stereocenters. The molecule has 1 rings (SSSR count). The van der Waals surface area contributed by atoms with Gasteiger partial charge >= 0.3 is 5.97 Å². The standard InChI is InChI=1S/C20H30N4O6/c1-11(2)16(24-17(26)14(21)9-13-7-5-4-6-8-13)19(28)23-15(10-25)18(27)22-12(3)20(29)30/h4-8,11-12,14-16,25H,9-10,21H2,1-3H3,(H,22,27)(H,23,28)(H,24,26)(H,29,30). The van der Waals surface area contributed by atoms with Gasteiger partial charge in [-0.15, -0.1) is 0 Å². The molecule has 0 aliphatic rings. The Hall–Kier alpha value is -2.98. The number of hydrogen-bond acceptors (Lipinski definition) is 6. The summed E-state index contributed by atoms with van der Waals surface area (Å²) in [6, 6.07) is 4.73. The Labute approximate surface area is 175 Å². The van der Waals surface area contributed by atoms with E-state index in [4.69, 9.17) is 10.8 Å². The Kier molecular flexibility index (Phi) is 9.93. The lowest BCUT2D eigenvalue weighted by Gasteiger charge is -2.26. The molecule has 0 saturated carbocycles. The molecule has 4 atom stereocenters. The van der Waals surface area contributed by atoms with Gasteiger partial charge in [-0.3, -0.25) is 19.2 Å². The van der Waals surface area contributed by atoms with Gasteiger partial charge in [0.15, 0.2) is 0 Å². The van der Waals surface area contributed by atoms with Crippen LogP contribution in [0.2, 0.25) is 0 Å². The minimum Gasteiger partial charge on any atom is -0.480 e. The van der Waals surface area contributed by atoms with E-state index in [1.54, 1.807) is 13.8 Å². The second-order valence-corrected chi connectivity index (χ2v) is 7.34. The summed E-state index contributed by atoms with van der Waals surface area (Å²) < 4.78 is 0. The Morgan fingerprint density at radius 1 is 0.933 bits per heavy atom. The van der Waals surface area contributed by atoms with Crippen molar-refractivity contribution in [3.8, 4) is 0 Å². The molecule has 0 heterocycles. The molecule has 0 radical (unpaired) electrons. The number of carbonyl (C=O) groups is 4. The third-order valence-corrected chi connectivity index (χ3v) is 4.43. The second-order valence-electron chi connectivity index (χ2n) is 7.34. The number of nitrogens with one attached hydrogen (secondary N) is 3. The average Bonchev–Trinajstić information content (AvgIpc) is 2.69. The molecule has 0 aliphatic carbocycles. The van der Waals surface area contributed by atoms with Gasteiger partial charge in [-0.05, 0) is 24.8 Å². The molecule has 10 heteroatoms. The summed E-state index contributed by atoms with van der Waals surface area (Å²) in [7, 11) is 0. The van der Waals surface area contributed by atoms with Crippen LogP contribution in [0.4, 0.5) is 0 Å². The molecule has 166 valence electrons. The Balaban J connectivity index is 2.75. The SMILES string of the molecule is CC(NC(=O)C(CO)NC(=O)C(NC(=O)C(N)Cc1ccccc1)C(C)C)C(=O)O. The minimum atomic E-state index is -1.37. The maximum atomic E-state index is 12.6. The van der Waals surface area contributed by atoms with Crippen molar-refractivity contribution < 1.29 is 29.4 Å². The van der Waals surface area contributed by atoms with Crippen molar-refractivity contribution in [2.24, 2.45) is 11.7 Å². The fraction of sp³-hybridized carbons (Fsp3) is 0.500. The van der Waals surface area contributed by atoms with Crippen molar-refractivity contribution >= 4 is 23.7 Å². The summed E-state index contributed by atoms with van der Waals surface area (Å²) in [4.78, 5) is 48.0. The summed E-state index contributed by atoms with van der Waals surface area (Å²) in [6.45, 7) is 3.92. The maximum absolute atomic E-state index is 12.6. The highest BCUT2D eigenvalue weighted by molar-refractivity contribution is 5.94. The van der Waals surface area contributed by atoms with Crippen molar-refractivity contribution in [1.29, 1.82) is 0 Å². The molecule has 0 bridgehead atoms. The largest absolute Gasteiger partial charge is 0.480 e. The Bertz CT molecular complexity index is 740. The zero-order valence-electron chi connectivity index (χ0n) is 17.3. The zero-order chi connectivity index (χ0) is 22.8. The smallest absolute Gasteiger partial charge is 0.325 e. The van der Waals surface area contributed by atoms with E-state index >= 15 is 0 Å². The van der Waals surface area contributed by atoms with E-state index in [1.807, 2.05) is 30.3 Å². The van der Waals surface area contributed by atoms with Crippen LogP contribution in [0.5, 0.6) is 0 Å². The number of benzene rings is 1. The van der Waals surface area contributed by atoms with E-state index in [0.29, 0.717) is 0 Å². The van der Waals surface area contributed by atoms with E-state index < -0.39 is 54.5 Å². The van der Waals surface area contributed by atoms with Gasteiger partial charge in [-0.1, -0.05) is 44.2 Å². The predicted octanol–water partition coefficient (Wildman–Crippen LogP) is -1.24. The van der Waals surface area contributed by atoms with Crippen molar-refractivity contribution in [2.75, 3.05) is 6.61 Å². The first-order valence-electron chi connectivity index (χ1n) is 9.61. The molecule has 10 nitrogen and oxygen atoms in total. The fourth-order valence-corrected chi connectivity index (χ4v) is 2.59. The number of rotatable bonds is 11. The van der Waals surface area contributed by atoms with Gasteiger partial charge in [-0.2, -0.15) is 0 Å². The molecular weight excluding hydrogens is 392 g/mol. The van der Waals surface area contributed by atoms with Gasteiger partial charge < -0.3 is 31.9 Å². The number of aliphatic hydroxyl groups is 1. The van der Waals surface area contributed by atoms with Crippen LogP contribution in [-0.4, -0.2) is 64.7 Å². The number of aliphatic hydroxyl groups excluding tert-OH is 1. The molecule has 0 fully saturated rings. The van der Waals surface area contributed by atoms with Crippen LogP contribution in [0.1, 0.15) is 26.3 Å². The lowest BCUT2D eigenvalue weighted by molar-refractivity contribution is -0.142. The van der Waals surface area contributed by atoms with Gasteiger partial charge in [0, 0.05) is 0 Å². The van der Waals surface area contributed by atoms with Crippen LogP contribution in [0.15, 0.2) is 30.3 Å². The van der Waals surface area contributed by atoms with Crippen LogP contribution in [0.25, 0.3) is 0 Å². The third kappa shape index (κ3) is 7.80. The van der Waals surface area contributed by atoms with Crippen LogP contribution >= 0.6 is 0 Å². The number of nitrogens with two attached hydrogens (primary N) is 1. The summed E-state index contributed by atoms with van der Waals surface area (Å²) in [5, 5.41) is 25.4. The topological polar surface area (TPSA) is 171 Å². The highest BCUT2D eigenvalue weighted by atomic mass is 16.4. The quantitative estimate of drug-likeness (QED) is 0.259. The second kappa shape index (κ2) is 11.9. The van der Waals surface area contributed by atoms with E-state index in [9.17, 15) is 24.3 Å². The van der Waals surface area contributed by atoms with Gasteiger partial charge in [0.2, 0.25) is 17.7 Å². The van der Waals surface area contributed by atoms with Gasteiger partial charge in [0.1, 0.15) is 18.1 Å². The molecule has 3 amide bonds. The fourth-order valence-electron chi connectivity index (χ4n) is 2.59. The summed E-state index contributed by atoms with van der Waals surface area (Å²) in [6.07, 6.45) is 0.286. The molecule has 0 aliphatic heterocycles.